The van der Waals surface area contributed by atoms with Crippen molar-refractivity contribution in [1.29, 1.82) is 5.26 Å². The van der Waals surface area contributed by atoms with Crippen LogP contribution in [0, 0.1) is 17.1 Å². The number of benzene rings is 2. The number of halogens is 1. The standard InChI is InChI=1S/C17H16FNO/c18-16-8-4-6-14(12-16)15(13-19)7-5-11-20-17-9-2-1-3-10-17/h1-4,6,8-10,12,15H,5,7,11H2. The fourth-order valence-corrected chi connectivity index (χ4v) is 2.02. The van der Waals surface area contributed by atoms with Gasteiger partial charge in [0, 0.05) is 0 Å². The Morgan fingerprint density at radius 3 is 2.60 bits per heavy atom. The van der Waals surface area contributed by atoms with E-state index in [1.807, 2.05) is 30.3 Å². The summed E-state index contributed by atoms with van der Waals surface area (Å²) in [5, 5.41) is 9.17. The van der Waals surface area contributed by atoms with E-state index in [2.05, 4.69) is 6.07 Å². The van der Waals surface area contributed by atoms with Gasteiger partial charge in [-0.25, -0.2) is 4.39 Å². The molecule has 0 heterocycles. The van der Waals surface area contributed by atoms with E-state index in [1.165, 1.54) is 12.1 Å². The molecule has 1 unspecified atom stereocenters. The Morgan fingerprint density at radius 2 is 1.90 bits per heavy atom. The molecule has 2 nitrogen and oxygen atoms in total. The van der Waals surface area contributed by atoms with Gasteiger partial charge in [0.25, 0.3) is 0 Å². The van der Waals surface area contributed by atoms with E-state index in [4.69, 9.17) is 4.74 Å². The third-order valence-electron chi connectivity index (χ3n) is 3.06. The summed E-state index contributed by atoms with van der Waals surface area (Å²) in [5.41, 5.74) is 0.729. The predicted octanol–water partition coefficient (Wildman–Crippen LogP) is 4.29. The number of nitriles is 1. The molecule has 0 aromatic heterocycles. The summed E-state index contributed by atoms with van der Waals surface area (Å²) in [4.78, 5) is 0. The molecule has 1 atom stereocenters. The Labute approximate surface area is 118 Å². The number of nitrogens with zero attached hydrogens (tertiary/aromatic N) is 1. The van der Waals surface area contributed by atoms with Crippen LogP contribution < -0.4 is 4.74 Å². The minimum Gasteiger partial charge on any atom is -0.494 e. The Bertz CT molecular complexity index is 577. The van der Waals surface area contributed by atoms with Gasteiger partial charge in [0.2, 0.25) is 0 Å². The van der Waals surface area contributed by atoms with Crippen LogP contribution in [0.3, 0.4) is 0 Å². The molecule has 2 rings (SSSR count). The smallest absolute Gasteiger partial charge is 0.123 e. The lowest BCUT2D eigenvalue weighted by Gasteiger charge is -2.10. The van der Waals surface area contributed by atoms with Gasteiger partial charge in [-0.3, -0.25) is 0 Å². The molecule has 0 fully saturated rings. The fourth-order valence-electron chi connectivity index (χ4n) is 2.02. The van der Waals surface area contributed by atoms with Crippen LogP contribution in [0.5, 0.6) is 5.75 Å². The molecule has 20 heavy (non-hydrogen) atoms. The topological polar surface area (TPSA) is 33.0 Å². The second kappa shape index (κ2) is 7.30. The number of para-hydroxylation sites is 1. The van der Waals surface area contributed by atoms with Crippen molar-refractivity contribution in [1.82, 2.24) is 0 Å². The molecule has 0 aliphatic rings. The van der Waals surface area contributed by atoms with Crippen molar-refractivity contribution >= 4 is 0 Å². The van der Waals surface area contributed by atoms with Crippen LogP contribution >= 0.6 is 0 Å². The lowest BCUT2D eigenvalue weighted by molar-refractivity contribution is 0.305. The minimum atomic E-state index is -0.303. The molecule has 102 valence electrons. The van der Waals surface area contributed by atoms with E-state index in [0.29, 0.717) is 13.0 Å². The van der Waals surface area contributed by atoms with E-state index in [0.717, 1.165) is 17.7 Å². The van der Waals surface area contributed by atoms with Gasteiger partial charge in [-0.1, -0.05) is 30.3 Å². The van der Waals surface area contributed by atoms with Crippen LogP contribution in [0.4, 0.5) is 4.39 Å². The molecule has 0 N–H and O–H groups in total. The van der Waals surface area contributed by atoms with Crippen LogP contribution in [-0.4, -0.2) is 6.61 Å². The highest BCUT2D eigenvalue weighted by atomic mass is 19.1. The highest BCUT2D eigenvalue weighted by Crippen LogP contribution is 2.21. The van der Waals surface area contributed by atoms with Gasteiger partial charge in [-0.05, 0) is 42.7 Å². The quantitative estimate of drug-likeness (QED) is 0.733. The second-order valence-electron chi connectivity index (χ2n) is 4.54. The maximum Gasteiger partial charge on any atom is 0.123 e. The van der Waals surface area contributed by atoms with Crippen LogP contribution in [0.15, 0.2) is 54.6 Å². The van der Waals surface area contributed by atoms with Gasteiger partial charge in [0.15, 0.2) is 0 Å². The average molecular weight is 269 g/mol. The second-order valence-corrected chi connectivity index (χ2v) is 4.54. The molecule has 0 spiro atoms. The maximum absolute atomic E-state index is 13.1. The van der Waals surface area contributed by atoms with Crippen molar-refractivity contribution in [2.45, 2.75) is 18.8 Å². The van der Waals surface area contributed by atoms with Gasteiger partial charge in [-0.2, -0.15) is 5.26 Å². The van der Waals surface area contributed by atoms with Crippen molar-refractivity contribution in [2.24, 2.45) is 0 Å². The summed E-state index contributed by atoms with van der Waals surface area (Å²) >= 11 is 0. The number of ether oxygens (including phenoxy) is 1. The van der Waals surface area contributed by atoms with Gasteiger partial charge in [0.05, 0.1) is 18.6 Å². The predicted molar refractivity (Wildman–Crippen MR) is 75.9 cm³/mol. The van der Waals surface area contributed by atoms with E-state index in [1.54, 1.807) is 12.1 Å². The summed E-state index contributed by atoms with van der Waals surface area (Å²) in [6.07, 6.45) is 1.41. The van der Waals surface area contributed by atoms with Gasteiger partial charge in [-0.15, -0.1) is 0 Å². The van der Waals surface area contributed by atoms with Crippen LogP contribution in [0.25, 0.3) is 0 Å². The molecule has 0 radical (unpaired) electrons. The molecule has 0 aliphatic heterocycles. The number of hydrogen-bond donors (Lipinski definition) is 0. The summed E-state index contributed by atoms with van der Waals surface area (Å²) < 4.78 is 18.7. The van der Waals surface area contributed by atoms with Crippen molar-refractivity contribution in [3.8, 4) is 11.8 Å². The summed E-state index contributed by atoms with van der Waals surface area (Å²) in [5.74, 6) is 0.236. The number of hydrogen-bond acceptors (Lipinski definition) is 2. The third-order valence-corrected chi connectivity index (χ3v) is 3.06. The molecule has 0 bridgehead atoms. The van der Waals surface area contributed by atoms with Crippen molar-refractivity contribution in [2.75, 3.05) is 6.61 Å². The van der Waals surface area contributed by atoms with Crippen molar-refractivity contribution in [3.05, 3.63) is 66.0 Å². The van der Waals surface area contributed by atoms with Gasteiger partial charge < -0.3 is 4.74 Å². The van der Waals surface area contributed by atoms with Crippen LogP contribution in [-0.2, 0) is 0 Å². The third kappa shape index (κ3) is 4.10. The van der Waals surface area contributed by atoms with Gasteiger partial charge >= 0.3 is 0 Å². The SMILES string of the molecule is N#CC(CCCOc1ccccc1)c1cccc(F)c1. The molecule has 3 heteroatoms. The first-order valence-corrected chi connectivity index (χ1v) is 6.62. The van der Waals surface area contributed by atoms with Crippen LogP contribution in [0.2, 0.25) is 0 Å². The first-order valence-electron chi connectivity index (χ1n) is 6.62. The molecular weight excluding hydrogens is 253 g/mol. The first-order chi connectivity index (χ1) is 9.79. The lowest BCUT2D eigenvalue weighted by atomic mass is 9.96. The minimum absolute atomic E-state index is 0.287. The largest absolute Gasteiger partial charge is 0.494 e. The fraction of sp³-hybridized carbons (Fsp3) is 0.235. The first kappa shape index (κ1) is 14.1. The van der Waals surface area contributed by atoms with Crippen molar-refractivity contribution < 1.29 is 9.13 Å². The van der Waals surface area contributed by atoms with E-state index < -0.39 is 0 Å². The molecule has 0 amide bonds. The normalized spacial score (nSPS) is 11.6. The number of rotatable bonds is 6. The molecule has 2 aromatic carbocycles. The zero-order valence-electron chi connectivity index (χ0n) is 11.1. The Morgan fingerprint density at radius 1 is 1.10 bits per heavy atom. The van der Waals surface area contributed by atoms with E-state index in [-0.39, 0.29) is 11.7 Å². The Kier molecular flexibility index (Phi) is 5.14. The van der Waals surface area contributed by atoms with Crippen molar-refractivity contribution in [3.63, 3.8) is 0 Å². The molecule has 2 aromatic rings. The summed E-state index contributed by atoms with van der Waals surface area (Å²) in [6.45, 7) is 0.553. The maximum atomic E-state index is 13.1. The Balaban J connectivity index is 1.82. The zero-order valence-corrected chi connectivity index (χ0v) is 11.1. The lowest BCUT2D eigenvalue weighted by Crippen LogP contribution is -2.02. The zero-order chi connectivity index (χ0) is 14.2. The highest BCUT2D eigenvalue weighted by Gasteiger charge is 2.11. The highest BCUT2D eigenvalue weighted by molar-refractivity contribution is 5.25. The van der Waals surface area contributed by atoms with E-state index in [9.17, 15) is 9.65 Å². The average Bonchev–Trinajstić information content (AvgIpc) is 2.48. The monoisotopic (exact) mass is 269 g/mol. The molecular formula is C17H16FNO. The molecule has 0 aliphatic carbocycles. The Hall–Kier alpha value is -2.34. The summed E-state index contributed by atoms with van der Waals surface area (Å²) in [6, 6.07) is 18.0. The molecule has 0 saturated carbocycles. The summed E-state index contributed by atoms with van der Waals surface area (Å²) in [7, 11) is 0. The van der Waals surface area contributed by atoms with E-state index >= 15 is 0 Å². The molecule has 0 saturated heterocycles. The van der Waals surface area contributed by atoms with Gasteiger partial charge in [0.1, 0.15) is 11.6 Å². The van der Waals surface area contributed by atoms with Crippen LogP contribution in [0.1, 0.15) is 24.3 Å².